The maximum Gasteiger partial charge on any atom is 0.264 e. The Kier molecular flexibility index (Phi) is 9.30. The standard InChI is InChI=1S/C28H33N3O5S/c1-5-26(28(33)29-3)30(19-22-12-9-11-21(2)17-22)27(32)20-31(23-13-10-14-24(18-23)36-4)37(34,35)25-15-7-6-8-16-25/h6-18,26H,5,19-20H2,1-4H3,(H,29,33)/t26-/m1/s1. The summed E-state index contributed by atoms with van der Waals surface area (Å²) in [6.45, 7) is 3.42. The first kappa shape index (κ1) is 27.7. The molecule has 0 aliphatic rings. The SMILES string of the molecule is CC[C@H](C(=O)NC)N(Cc1cccc(C)c1)C(=O)CN(c1cccc(OC)c1)S(=O)(=O)c1ccccc1. The van der Waals surface area contributed by atoms with Gasteiger partial charge in [-0.05, 0) is 43.2 Å². The summed E-state index contributed by atoms with van der Waals surface area (Å²) >= 11 is 0. The normalized spacial score (nSPS) is 11.9. The van der Waals surface area contributed by atoms with Gasteiger partial charge in [0.2, 0.25) is 11.8 Å². The molecule has 9 heteroatoms. The van der Waals surface area contributed by atoms with E-state index in [4.69, 9.17) is 4.74 Å². The summed E-state index contributed by atoms with van der Waals surface area (Å²) in [5.41, 5.74) is 2.14. The maximum absolute atomic E-state index is 13.9. The number of carbonyl (C=O) groups is 2. The number of aryl methyl sites for hydroxylation is 1. The Morgan fingerprint density at radius 2 is 1.68 bits per heavy atom. The van der Waals surface area contributed by atoms with Crippen molar-refractivity contribution in [3.05, 3.63) is 90.0 Å². The third-order valence-electron chi connectivity index (χ3n) is 6.02. The van der Waals surface area contributed by atoms with E-state index in [1.54, 1.807) is 42.5 Å². The number of methoxy groups -OCH3 is 1. The summed E-state index contributed by atoms with van der Waals surface area (Å²) in [6.07, 6.45) is 0.363. The van der Waals surface area contributed by atoms with Crippen LogP contribution in [-0.4, -0.2) is 51.9 Å². The number of hydrogen-bond acceptors (Lipinski definition) is 5. The highest BCUT2D eigenvalue weighted by molar-refractivity contribution is 7.92. The Morgan fingerprint density at radius 1 is 0.973 bits per heavy atom. The second-order valence-electron chi connectivity index (χ2n) is 8.58. The van der Waals surface area contributed by atoms with E-state index in [2.05, 4.69) is 5.32 Å². The molecule has 0 aromatic heterocycles. The third kappa shape index (κ3) is 6.68. The summed E-state index contributed by atoms with van der Waals surface area (Å²) in [7, 11) is -1.11. The Bertz CT molecular complexity index is 1330. The summed E-state index contributed by atoms with van der Waals surface area (Å²) in [5.74, 6) is -0.367. The Labute approximate surface area is 218 Å². The Morgan fingerprint density at radius 3 is 2.30 bits per heavy atom. The van der Waals surface area contributed by atoms with Crippen LogP contribution in [0.25, 0.3) is 0 Å². The van der Waals surface area contributed by atoms with Crippen molar-refractivity contribution in [2.24, 2.45) is 0 Å². The Hall–Kier alpha value is -3.85. The van der Waals surface area contributed by atoms with Gasteiger partial charge in [0.1, 0.15) is 18.3 Å². The number of sulfonamides is 1. The van der Waals surface area contributed by atoms with Crippen LogP contribution in [0.5, 0.6) is 5.75 Å². The van der Waals surface area contributed by atoms with Gasteiger partial charge in [-0.3, -0.25) is 13.9 Å². The predicted molar refractivity (Wildman–Crippen MR) is 144 cm³/mol. The van der Waals surface area contributed by atoms with Crippen LogP contribution in [-0.2, 0) is 26.2 Å². The van der Waals surface area contributed by atoms with Gasteiger partial charge in [-0.25, -0.2) is 8.42 Å². The molecule has 3 aromatic carbocycles. The summed E-state index contributed by atoms with van der Waals surface area (Å²) in [6, 6.07) is 21.4. The molecule has 0 heterocycles. The van der Waals surface area contributed by atoms with Crippen molar-refractivity contribution in [2.45, 2.75) is 37.8 Å². The van der Waals surface area contributed by atoms with Gasteiger partial charge < -0.3 is 15.0 Å². The lowest BCUT2D eigenvalue weighted by atomic mass is 10.1. The molecule has 3 aromatic rings. The fourth-order valence-corrected chi connectivity index (χ4v) is 5.53. The van der Waals surface area contributed by atoms with Crippen LogP contribution in [0.4, 0.5) is 5.69 Å². The number of anilines is 1. The first-order chi connectivity index (χ1) is 17.7. The zero-order valence-electron chi connectivity index (χ0n) is 21.5. The number of carbonyl (C=O) groups excluding carboxylic acids is 2. The molecule has 2 amide bonds. The van der Waals surface area contributed by atoms with E-state index in [0.29, 0.717) is 12.2 Å². The van der Waals surface area contributed by atoms with Crippen molar-refractivity contribution < 1.29 is 22.7 Å². The second-order valence-corrected chi connectivity index (χ2v) is 10.4. The number of nitrogens with zero attached hydrogens (tertiary/aromatic N) is 2. The van der Waals surface area contributed by atoms with Crippen molar-refractivity contribution in [3.8, 4) is 5.75 Å². The summed E-state index contributed by atoms with van der Waals surface area (Å²) in [5, 5.41) is 2.62. The van der Waals surface area contributed by atoms with E-state index < -0.39 is 28.5 Å². The van der Waals surface area contributed by atoms with Crippen LogP contribution in [0.3, 0.4) is 0 Å². The van der Waals surface area contributed by atoms with Gasteiger partial charge in [-0.2, -0.15) is 0 Å². The number of rotatable bonds is 11. The molecular formula is C28H33N3O5S. The molecule has 196 valence electrons. The van der Waals surface area contributed by atoms with Gasteiger partial charge in [0, 0.05) is 19.7 Å². The monoisotopic (exact) mass is 523 g/mol. The van der Waals surface area contributed by atoms with Crippen molar-refractivity contribution in [3.63, 3.8) is 0 Å². The maximum atomic E-state index is 13.9. The van der Waals surface area contributed by atoms with E-state index in [1.807, 2.05) is 38.1 Å². The largest absolute Gasteiger partial charge is 0.497 e. The van der Waals surface area contributed by atoms with Crippen molar-refractivity contribution in [1.29, 1.82) is 0 Å². The average molecular weight is 524 g/mol. The smallest absolute Gasteiger partial charge is 0.264 e. The molecule has 1 N–H and O–H groups in total. The van der Waals surface area contributed by atoms with Crippen molar-refractivity contribution >= 4 is 27.5 Å². The molecular weight excluding hydrogens is 490 g/mol. The molecule has 1 atom stereocenters. The molecule has 0 spiro atoms. The van der Waals surface area contributed by atoms with Crippen LogP contribution in [0.1, 0.15) is 24.5 Å². The number of ether oxygens (including phenoxy) is 1. The summed E-state index contributed by atoms with van der Waals surface area (Å²) in [4.78, 5) is 28.1. The summed E-state index contributed by atoms with van der Waals surface area (Å²) < 4.78 is 33.9. The van der Waals surface area contributed by atoms with Crippen LogP contribution < -0.4 is 14.4 Å². The molecule has 37 heavy (non-hydrogen) atoms. The topological polar surface area (TPSA) is 96.0 Å². The fourth-order valence-electron chi connectivity index (χ4n) is 4.11. The molecule has 0 aliphatic carbocycles. The predicted octanol–water partition coefficient (Wildman–Crippen LogP) is 3.75. The van der Waals surface area contributed by atoms with Gasteiger partial charge in [-0.15, -0.1) is 0 Å². The van der Waals surface area contributed by atoms with Gasteiger partial charge in [-0.1, -0.05) is 61.0 Å². The highest BCUT2D eigenvalue weighted by Crippen LogP contribution is 2.27. The first-order valence-electron chi connectivity index (χ1n) is 12.0. The minimum Gasteiger partial charge on any atom is -0.497 e. The minimum absolute atomic E-state index is 0.0502. The van der Waals surface area contributed by atoms with Crippen LogP contribution >= 0.6 is 0 Å². The van der Waals surface area contributed by atoms with E-state index in [1.165, 1.54) is 31.2 Å². The van der Waals surface area contributed by atoms with Gasteiger partial charge >= 0.3 is 0 Å². The molecule has 0 bridgehead atoms. The Balaban J connectivity index is 2.07. The highest BCUT2D eigenvalue weighted by Gasteiger charge is 2.33. The lowest BCUT2D eigenvalue weighted by Gasteiger charge is -2.33. The van der Waals surface area contributed by atoms with Gasteiger partial charge in [0.25, 0.3) is 10.0 Å². The number of amides is 2. The van der Waals surface area contributed by atoms with Crippen LogP contribution in [0.2, 0.25) is 0 Å². The molecule has 0 aliphatic heterocycles. The third-order valence-corrected chi connectivity index (χ3v) is 7.81. The molecule has 0 radical (unpaired) electrons. The van der Waals surface area contributed by atoms with E-state index in [-0.39, 0.29) is 23.0 Å². The zero-order valence-corrected chi connectivity index (χ0v) is 22.4. The fraction of sp³-hybridized carbons (Fsp3) is 0.286. The zero-order chi connectivity index (χ0) is 27.0. The molecule has 3 rings (SSSR count). The first-order valence-corrected chi connectivity index (χ1v) is 13.4. The highest BCUT2D eigenvalue weighted by atomic mass is 32.2. The molecule has 0 fully saturated rings. The minimum atomic E-state index is -4.12. The number of likely N-dealkylation sites (N-methyl/N-ethyl adjacent to an activating group) is 1. The van der Waals surface area contributed by atoms with E-state index >= 15 is 0 Å². The lowest BCUT2D eigenvalue weighted by molar-refractivity contribution is -0.140. The van der Waals surface area contributed by atoms with Gasteiger partial charge in [0.05, 0.1) is 17.7 Å². The number of benzene rings is 3. The lowest BCUT2D eigenvalue weighted by Crippen LogP contribution is -2.51. The second kappa shape index (κ2) is 12.4. The van der Waals surface area contributed by atoms with E-state index in [0.717, 1.165) is 15.4 Å². The van der Waals surface area contributed by atoms with Gasteiger partial charge in [0.15, 0.2) is 0 Å². The van der Waals surface area contributed by atoms with Crippen molar-refractivity contribution in [1.82, 2.24) is 10.2 Å². The molecule has 8 nitrogen and oxygen atoms in total. The molecule has 0 saturated heterocycles. The molecule has 0 saturated carbocycles. The van der Waals surface area contributed by atoms with Crippen LogP contribution in [0, 0.1) is 6.92 Å². The number of hydrogen-bond donors (Lipinski definition) is 1. The van der Waals surface area contributed by atoms with E-state index in [9.17, 15) is 18.0 Å². The molecule has 0 unspecified atom stereocenters. The van der Waals surface area contributed by atoms with Crippen LogP contribution in [0.15, 0.2) is 83.8 Å². The van der Waals surface area contributed by atoms with Crippen molar-refractivity contribution in [2.75, 3.05) is 25.0 Å². The average Bonchev–Trinajstić information content (AvgIpc) is 2.91. The quantitative estimate of drug-likeness (QED) is 0.413. The number of nitrogens with one attached hydrogen (secondary N) is 1.